The van der Waals surface area contributed by atoms with Crippen molar-refractivity contribution in [1.29, 1.82) is 0 Å². The number of ether oxygens (including phenoxy) is 2. The van der Waals surface area contributed by atoms with E-state index in [4.69, 9.17) is 9.47 Å². The van der Waals surface area contributed by atoms with Crippen LogP contribution in [0.2, 0.25) is 0 Å². The molecule has 0 saturated carbocycles. The highest BCUT2D eigenvalue weighted by Crippen LogP contribution is 2.22. The lowest BCUT2D eigenvalue weighted by molar-refractivity contribution is -0.0443. The molecule has 4 nitrogen and oxygen atoms in total. The second-order valence-corrected chi connectivity index (χ2v) is 2.74. The van der Waals surface area contributed by atoms with Crippen LogP contribution in [0.5, 0.6) is 0 Å². The molecule has 0 radical (unpaired) electrons. The van der Waals surface area contributed by atoms with Gasteiger partial charge in [-0.1, -0.05) is 0 Å². The van der Waals surface area contributed by atoms with Crippen molar-refractivity contribution in [3.63, 3.8) is 0 Å². The van der Waals surface area contributed by atoms with E-state index in [-0.39, 0.29) is 6.29 Å². The maximum Gasteiger partial charge on any atom is 0.185 e. The number of carbonyl (C=O) groups excluding carboxylic acids is 1. The normalized spacial score (nSPS) is 17.5. The minimum Gasteiger partial charge on any atom is -0.346 e. The summed E-state index contributed by atoms with van der Waals surface area (Å²) in [5, 5.41) is 0. The summed E-state index contributed by atoms with van der Waals surface area (Å²) in [6, 6.07) is 1.72. The third-order valence-electron chi connectivity index (χ3n) is 1.81. The second kappa shape index (κ2) is 3.64. The summed E-state index contributed by atoms with van der Waals surface area (Å²) in [4.78, 5) is 14.4. The van der Waals surface area contributed by atoms with E-state index in [0.29, 0.717) is 18.8 Å². The molecular weight excluding hydrogens is 170 g/mol. The molecule has 2 rings (SSSR count). The van der Waals surface area contributed by atoms with Crippen molar-refractivity contribution in [3.05, 3.63) is 29.6 Å². The van der Waals surface area contributed by atoms with Gasteiger partial charge in [0.1, 0.15) is 0 Å². The van der Waals surface area contributed by atoms with Crippen molar-refractivity contribution in [2.24, 2.45) is 0 Å². The van der Waals surface area contributed by atoms with Crippen molar-refractivity contribution in [1.82, 2.24) is 4.98 Å². The van der Waals surface area contributed by atoms with Gasteiger partial charge >= 0.3 is 0 Å². The summed E-state index contributed by atoms with van der Waals surface area (Å²) >= 11 is 0. The molecule has 2 heterocycles. The van der Waals surface area contributed by atoms with Crippen molar-refractivity contribution in [3.8, 4) is 0 Å². The molecule has 1 aliphatic rings. The van der Waals surface area contributed by atoms with Crippen LogP contribution in [0.3, 0.4) is 0 Å². The number of aldehydes is 1. The van der Waals surface area contributed by atoms with E-state index in [2.05, 4.69) is 4.98 Å². The molecule has 13 heavy (non-hydrogen) atoms. The quantitative estimate of drug-likeness (QED) is 0.634. The highest BCUT2D eigenvalue weighted by atomic mass is 16.7. The lowest BCUT2D eigenvalue weighted by Gasteiger charge is -2.08. The molecule has 0 aromatic carbocycles. The van der Waals surface area contributed by atoms with E-state index in [1.807, 2.05) is 0 Å². The van der Waals surface area contributed by atoms with E-state index < -0.39 is 0 Å². The third-order valence-corrected chi connectivity index (χ3v) is 1.81. The third kappa shape index (κ3) is 1.74. The number of pyridine rings is 1. The van der Waals surface area contributed by atoms with Crippen LogP contribution in [0.25, 0.3) is 0 Å². The van der Waals surface area contributed by atoms with Crippen molar-refractivity contribution in [2.75, 3.05) is 13.2 Å². The van der Waals surface area contributed by atoms with E-state index >= 15 is 0 Å². The van der Waals surface area contributed by atoms with Gasteiger partial charge in [0.15, 0.2) is 12.6 Å². The van der Waals surface area contributed by atoms with E-state index in [0.717, 1.165) is 11.8 Å². The van der Waals surface area contributed by atoms with Gasteiger partial charge in [0.2, 0.25) is 0 Å². The summed E-state index contributed by atoms with van der Waals surface area (Å²) in [6.07, 6.45) is 3.55. The molecule has 68 valence electrons. The van der Waals surface area contributed by atoms with Gasteiger partial charge in [-0.15, -0.1) is 0 Å². The SMILES string of the molecule is O=Cc1cncc(C2OCCO2)c1. The minimum absolute atomic E-state index is 0.354. The van der Waals surface area contributed by atoms with Crippen molar-refractivity contribution >= 4 is 6.29 Å². The summed E-state index contributed by atoms with van der Waals surface area (Å²) in [7, 11) is 0. The maximum absolute atomic E-state index is 10.5. The summed E-state index contributed by atoms with van der Waals surface area (Å²) in [5.74, 6) is 0. The van der Waals surface area contributed by atoms with Gasteiger partial charge in [-0.2, -0.15) is 0 Å². The van der Waals surface area contributed by atoms with E-state index in [1.165, 1.54) is 6.20 Å². The summed E-state index contributed by atoms with van der Waals surface area (Å²) in [5.41, 5.74) is 1.33. The zero-order chi connectivity index (χ0) is 9.10. The molecule has 0 amide bonds. The Bertz CT molecular complexity index is 307. The predicted molar refractivity (Wildman–Crippen MR) is 44.3 cm³/mol. The Kier molecular flexibility index (Phi) is 2.33. The molecular formula is C9H9NO3. The van der Waals surface area contributed by atoms with Crippen LogP contribution in [-0.4, -0.2) is 24.5 Å². The largest absolute Gasteiger partial charge is 0.346 e. The van der Waals surface area contributed by atoms with Crippen molar-refractivity contribution < 1.29 is 14.3 Å². The fourth-order valence-corrected chi connectivity index (χ4v) is 1.22. The molecule has 0 aliphatic carbocycles. The monoisotopic (exact) mass is 179 g/mol. The van der Waals surface area contributed by atoms with Gasteiger partial charge in [0, 0.05) is 23.5 Å². The zero-order valence-electron chi connectivity index (χ0n) is 6.97. The van der Waals surface area contributed by atoms with E-state index in [1.54, 1.807) is 12.3 Å². The van der Waals surface area contributed by atoms with E-state index in [9.17, 15) is 4.79 Å². The lowest BCUT2D eigenvalue weighted by atomic mass is 10.2. The van der Waals surface area contributed by atoms with Gasteiger partial charge in [-0.25, -0.2) is 0 Å². The molecule has 0 bridgehead atoms. The first-order chi connectivity index (χ1) is 6.40. The Hall–Kier alpha value is -1.26. The van der Waals surface area contributed by atoms with Crippen LogP contribution in [0, 0.1) is 0 Å². The molecule has 1 saturated heterocycles. The first-order valence-corrected chi connectivity index (χ1v) is 4.03. The minimum atomic E-state index is -0.354. The molecule has 0 unspecified atom stereocenters. The standard InChI is InChI=1S/C9H9NO3/c11-6-7-3-8(5-10-4-7)9-12-1-2-13-9/h3-6,9H,1-2H2. The van der Waals surface area contributed by atoms with Gasteiger partial charge in [-0.05, 0) is 6.07 Å². The molecule has 1 aliphatic heterocycles. The summed E-state index contributed by atoms with van der Waals surface area (Å²) in [6.45, 7) is 1.19. The topological polar surface area (TPSA) is 48.4 Å². The number of rotatable bonds is 2. The number of carbonyl (C=O) groups is 1. The fourth-order valence-electron chi connectivity index (χ4n) is 1.22. The predicted octanol–water partition coefficient (Wildman–Crippen LogP) is 0.940. The van der Waals surface area contributed by atoms with Crippen LogP contribution in [0.15, 0.2) is 18.5 Å². The second-order valence-electron chi connectivity index (χ2n) is 2.74. The van der Waals surface area contributed by atoms with Gasteiger partial charge in [0.05, 0.1) is 13.2 Å². The van der Waals surface area contributed by atoms with Crippen LogP contribution >= 0.6 is 0 Å². The number of hydrogen-bond acceptors (Lipinski definition) is 4. The molecule has 1 fully saturated rings. The molecule has 0 spiro atoms. The molecule has 1 aromatic rings. The van der Waals surface area contributed by atoms with Crippen LogP contribution in [-0.2, 0) is 9.47 Å². The molecule has 1 aromatic heterocycles. The molecule has 4 heteroatoms. The van der Waals surface area contributed by atoms with Crippen LogP contribution in [0.1, 0.15) is 22.2 Å². The molecule has 0 N–H and O–H groups in total. The average Bonchev–Trinajstić information content (AvgIpc) is 2.71. The zero-order valence-corrected chi connectivity index (χ0v) is 6.97. The Morgan fingerprint density at radius 2 is 2.15 bits per heavy atom. The Morgan fingerprint density at radius 1 is 1.38 bits per heavy atom. The Balaban J connectivity index is 2.23. The van der Waals surface area contributed by atoms with Gasteiger partial charge in [-0.3, -0.25) is 9.78 Å². The number of hydrogen-bond donors (Lipinski definition) is 0. The van der Waals surface area contributed by atoms with Crippen molar-refractivity contribution in [2.45, 2.75) is 6.29 Å². The van der Waals surface area contributed by atoms with Gasteiger partial charge in [0.25, 0.3) is 0 Å². The highest BCUT2D eigenvalue weighted by molar-refractivity contribution is 5.74. The average molecular weight is 179 g/mol. The maximum atomic E-state index is 10.5. The number of aromatic nitrogens is 1. The first-order valence-electron chi connectivity index (χ1n) is 4.03. The fraction of sp³-hybridized carbons (Fsp3) is 0.333. The van der Waals surface area contributed by atoms with Crippen LogP contribution in [0.4, 0.5) is 0 Å². The Labute approximate surface area is 75.5 Å². The molecule has 0 atom stereocenters. The summed E-state index contributed by atoms with van der Waals surface area (Å²) < 4.78 is 10.5. The first kappa shape index (κ1) is 8.34. The highest BCUT2D eigenvalue weighted by Gasteiger charge is 2.18. The lowest BCUT2D eigenvalue weighted by Crippen LogP contribution is -1.99. The Morgan fingerprint density at radius 3 is 2.85 bits per heavy atom. The van der Waals surface area contributed by atoms with Crippen LogP contribution < -0.4 is 0 Å². The smallest absolute Gasteiger partial charge is 0.185 e. The van der Waals surface area contributed by atoms with Gasteiger partial charge < -0.3 is 9.47 Å². The number of nitrogens with zero attached hydrogens (tertiary/aromatic N) is 1.